The maximum atomic E-state index is 14.3. The molecule has 0 saturated carbocycles. The van der Waals surface area contributed by atoms with E-state index in [0.717, 1.165) is 25.7 Å². The van der Waals surface area contributed by atoms with Crippen molar-refractivity contribution in [2.75, 3.05) is 20.3 Å². The summed E-state index contributed by atoms with van der Waals surface area (Å²) in [5.74, 6) is -1.80. The molecule has 5 atom stereocenters. The van der Waals surface area contributed by atoms with Gasteiger partial charge >= 0.3 is 18.1 Å². The van der Waals surface area contributed by atoms with Crippen LogP contribution in [0.4, 0.5) is 9.59 Å². The zero-order chi connectivity index (χ0) is 41.4. The first-order valence-electron chi connectivity index (χ1n) is 19.9. The van der Waals surface area contributed by atoms with Gasteiger partial charge in [0, 0.05) is 30.1 Å². The van der Waals surface area contributed by atoms with Gasteiger partial charge in [0.25, 0.3) is 5.09 Å². The number of nitrogens with one attached hydrogen (secondary N) is 3. The molecule has 1 aromatic carbocycles. The average Bonchev–Trinajstić information content (AvgIpc) is 3.50. The molecule has 4 unspecified atom stereocenters. The molecule has 16 nitrogen and oxygen atoms in total. The number of esters is 1. The lowest BCUT2D eigenvalue weighted by Gasteiger charge is -2.40. The summed E-state index contributed by atoms with van der Waals surface area (Å²) in [6.07, 6.45) is 7.92. The summed E-state index contributed by atoms with van der Waals surface area (Å²) in [4.78, 5) is 84.8. The molecule has 2 aromatic rings. The zero-order valence-corrected chi connectivity index (χ0v) is 34.1. The van der Waals surface area contributed by atoms with E-state index in [2.05, 4.69) is 20.8 Å². The summed E-state index contributed by atoms with van der Waals surface area (Å²) in [5, 5.41) is 18.9. The number of carbonyl (C=O) groups is 5. The van der Waals surface area contributed by atoms with E-state index in [1.165, 1.54) is 11.7 Å². The molecule has 0 bridgehead atoms. The lowest BCUT2D eigenvalue weighted by Crippen LogP contribution is -2.60. The number of aromatic nitrogens is 1. The number of piperidine rings is 1. The summed E-state index contributed by atoms with van der Waals surface area (Å²) < 4.78 is 11.9. The first-order valence-corrected chi connectivity index (χ1v) is 19.9. The van der Waals surface area contributed by atoms with Gasteiger partial charge in [0.05, 0.1) is 25.8 Å². The Balaban J connectivity index is 1.88. The van der Waals surface area contributed by atoms with E-state index in [1.807, 2.05) is 41.5 Å². The highest BCUT2D eigenvalue weighted by molar-refractivity contribution is 5.95. The van der Waals surface area contributed by atoms with E-state index in [1.54, 1.807) is 35.4 Å². The first kappa shape index (κ1) is 45.5. The van der Waals surface area contributed by atoms with E-state index >= 15 is 0 Å². The summed E-state index contributed by atoms with van der Waals surface area (Å²) in [6, 6.07) is 3.58. The van der Waals surface area contributed by atoms with Crippen LogP contribution >= 0.6 is 0 Å². The molecule has 1 aliphatic heterocycles. The van der Waals surface area contributed by atoms with Crippen LogP contribution in [0.25, 0.3) is 10.9 Å². The number of likely N-dealkylation sites (tertiary alicyclic amines) is 1. The maximum Gasteiger partial charge on any atom is 0.418 e. The van der Waals surface area contributed by atoms with Gasteiger partial charge in [-0.3, -0.25) is 14.2 Å². The molecule has 3 rings (SSSR count). The number of rotatable bonds is 20. The molecule has 56 heavy (non-hydrogen) atoms. The first-order chi connectivity index (χ1) is 26.6. The van der Waals surface area contributed by atoms with Gasteiger partial charge in [-0.15, -0.1) is 10.1 Å². The number of amides is 4. The number of methoxy groups -OCH3 is 1. The molecule has 0 aliphatic carbocycles. The number of hydrogen-bond donors (Lipinski definition) is 3. The van der Waals surface area contributed by atoms with Crippen LogP contribution in [0.3, 0.4) is 0 Å². The van der Waals surface area contributed by atoms with Crippen molar-refractivity contribution in [2.45, 2.75) is 149 Å². The van der Waals surface area contributed by atoms with Crippen molar-refractivity contribution in [2.24, 2.45) is 5.41 Å². The molecular formula is C40H62N6O10. The lowest BCUT2D eigenvalue weighted by molar-refractivity contribution is -0.757. The van der Waals surface area contributed by atoms with Crippen LogP contribution in [0.1, 0.15) is 118 Å². The standard InChI is InChI=1S/C40H62N6O10/c1-8-9-20-31(37(49)55-22-14-10-11-15-23-56-46(52)53)41-35(47)32(24-29-26-44(39(51)54-7)34-21-13-12-19-30(29)34)42-36(48)33(25-40(4,5)6)43-38(50)45-27(2)17-16-18-28(45)3/h12-13,19,21,26-28,31-33H,8-11,14-18,20,22-25H2,1-7H3,(H,41,47)(H,42,48)(H,43,50)/t27?,28?,31-,32?,33?/m1/s1. The highest BCUT2D eigenvalue weighted by Gasteiger charge is 2.36. The fourth-order valence-electron chi connectivity index (χ4n) is 7.13. The topological polar surface area (TPSA) is 200 Å². The van der Waals surface area contributed by atoms with E-state index in [4.69, 9.17) is 9.47 Å². The summed E-state index contributed by atoms with van der Waals surface area (Å²) in [5.41, 5.74) is 0.755. The van der Waals surface area contributed by atoms with Crippen molar-refractivity contribution in [3.05, 3.63) is 46.1 Å². The van der Waals surface area contributed by atoms with Crippen LogP contribution in [-0.2, 0) is 35.1 Å². The van der Waals surface area contributed by atoms with E-state index < -0.39 is 47.1 Å². The monoisotopic (exact) mass is 786 g/mol. The van der Waals surface area contributed by atoms with Crippen molar-refractivity contribution in [1.82, 2.24) is 25.4 Å². The summed E-state index contributed by atoms with van der Waals surface area (Å²) in [7, 11) is 1.27. The quantitative estimate of drug-likeness (QED) is 0.0615. The number of para-hydroxylation sites is 1. The van der Waals surface area contributed by atoms with Crippen LogP contribution in [0.5, 0.6) is 0 Å². The van der Waals surface area contributed by atoms with Crippen LogP contribution in [-0.4, -0.2) is 95.0 Å². The fourth-order valence-corrected chi connectivity index (χ4v) is 7.13. The normalized spacial score (nSPS) is 17.3. The predicted octanol–water partition coefficient (Wildman–Crippen LogP) is 6.05. The molecule has 1 fully saturated rings. The van der Waals surface area contributed by atoms with Gasteiger partial charge in [0.2, 0.25) is 11.8 Å². The number of nitrogens with zero attached hydrogens (tertiary/aromatic N) is 3. The molecule has 2 heterocycles. The third-order valence-electron chi connectivity index (χ3n) is 10.0. The Bertz CT molecular complexity index is 1630. The van der Waals surface area contributed by atoms with Gasteiger partial charge in [-0.2, -0.15) is 0 Å². The second kappa shape index (κ2) is 22.0. The largest absolute Gasteiger partial charge is 0.464 e. The Morgan fingerprint density at radius 1 is 0.893 bits per heavy atom. The second-order valence-electron chi connectivity index (χ2n) is 15.9. The third kappa shape index (κ3) is 14.0. The van der Waals surface area contributed by atoms with Crippen molar-refractivity contribution in [3.63, 3.8) is 0 Å². The summed E-state index contributed by atoms with van der Waals surface area (Å²) in [6.45, 7) is 11.9. The number of hydrogen-bond acceptors (Lipinski definition) is 10. The molecule has 1 aromatic heterocycles. The molecule has 1 aliphatic rings. The minimum absolute atomic E-state index is 0.000990. The highest BCUT2D eigenvalue weighted by Crippen LogP contribution is 2.26. The highest BCUT2D eigenvalue weighted by atomic mass is 16.9. The van der Waals surface area contributed by atoms with Gasteiger partial charge in [-0.25, -0.2) is 14.4 Å². The van der Waals surface area contributed by atoms with E-state index in [-0.39, 0.29) is 49.6 Å². The molecule has 4 amide bonds. The molecule has 16 heteroatoms. The Morgan fingerprint density at radius 2 is 1.52 bits per heavy atom. The molecule has 312 valence electrons. The smallest absolute Gasteiger partial charge is 0.418 e. The molecule has 1 saturated heterocycles. The molecule has 0 spiro atoms. The molecule has 3 N–H and O–H groups in total. The van der Waals surface area contributed by atoms with Crippen LogP contribution in [0, 0.1) is 15.5 Å². The third-order valence-corrected chi connectivity index (χ3v) is 10.0. The zero-order valence-electron chi connectivity index (χ0n) is 34.1. The Kier molecular flexibility index (Phi) is 17.9. The minimum atomic E-state index is -1.22. The number of ether oxygens (including phenoxy) is 2. The van der Waals surface area contributed by atoms with Crippen molar-refractivity contribution < 1.29 is 43.4 Å². The summed E-state index contributed by atoms with van der Waals surface area (Å²) >= 11 is 0. The van der Waals surface area contributed by atoms with Gasteiger partial charge in [-0.1, -0.05) is 65.2 Å². The average molecular weight is 787 g/mol. The van der Waals surface area contributed by atoms with Crippen molar-refractivity contribution in [3.8, 4) is 0 Å². The SMILES string of the molecule is CCCC[C@@H](NC(=O)C(Cc1cn(C(=O)OC)c2ccccc12)NC(=O)C(CC(C)(C)C)NC(=O)N1C(C)CCCC1C)C(=O)OCCCCCCO[N+](=O)[O-]. The van der Waals surface area contributed by atoms with Crippen LogP contribution < -0.4 is 16.0 Å². The maximum absolute atomic E-state index is 14.3. The lowest BCUT2D eigenvalue weighted by atomic mass is 9.87. The number of fused-ring (bicyclic) bond motifs is 1. The predicted molar refractivity (Wildman–Crippen MR) is 210 cm³/mol. The number of urea groups is 1. The Hall–Kier alpha value is -4.89. The number of unbranched alkanes of at least 4 members (excludes halogenated alkanes) is 4. The van der Waals surface area contributed by atoms with Crippen molar-refractivity contribution in [1.29, 1.82) is 0 Å². The molecular weight excluding hydrogens is 724 g/mol. The van der Waals surface area contributed by atoms with Gasteiger partial charge < -0.3 is 35.2 Å². The van der Waals surface area contributed by atoms with E-state index in [0.29, 0.717) is 55.0 Å². The van der Waals surface area contributed by atoms with Crippen molar-refractivity contribution >= 4 is 40.8 Å². The van der Waals surface area contributed by atoms with Crippen LogP contribution in [0.2, 0.25) is 0 Å². The number of carbonyl (C=O) groups excluding carboxylic acids is 5. The van der Waals surface area contributed by atoms with Gasteiger partial charge in [-0.05, 0) is 82.3 Å². The number of benzene rings is 1. The molecule has 0 radical (unpaired) electrons. The van der Waals surface area contributed by atoms with E-state index in [9.17, 15) is 34.1 Å². The minimum Gasteiger partial charge on any atom is -0.464 e. The Labute approximate surface area is 329 Å². The van der Waals surface area contributed by atoms with Gasteiger partial charge in [0.1, 0.15) is 18.1 Å². The second-order valence-corrected chi connectivity index (χ2v) is 15.9. The van der Waals surface area contributed by atoms with Crippen LogP contribution in [0.15, 0.2) is 30.5 Å². The Morgan fingerprint density at radius 3 is 2.14 bits per heavy atom. The fraction of sp³-hybridized carbons (Fsp3) is 0.675. The van der Waals surface area contributed by atoms with Gasteiger partial charge in [0.15, 0.2) is 0 Å².